The number of halogens is 1. The molecule has 24 heavy (non-hydrogen) atoms. The second kappa shape index (κ2) is 6.89. The first-order chi connectivity index (χ1) is 11.4. The highest BCUT2D eigenvalue weighted by molar-refractivity contribution is 7.90. The number of thiophene rings is 1. The van der Waals surface area contributed by atoms with Crippen LogP contribution in [0, 0.1) is 12.7 Å². The fourth-order valence-electron chi connectivity index (χ4n) is 2.72. The Bertz CT molecular complexity index is 805. The van der Waals surface area contributed by atoms with Gasteiger partial charge >= 0.3 is 0 Å². The van der Waals surface area contributed by atoms with Crippen LogP contribution in [0.15, 0.2) is 36.4 Å². The summed E-state index contributed by atoms with van der Waals surface area (Å²) >= 11 is 1.57. The molecule has 0 spiro atoms. The van der Waals surface area contributed by atoms with Crippen molar-refractivity contribution in [3.8, 4) is 0 Å². The SMILES string of the molecule is Cc1ccc(C2C(S(=O)(=O)NCc3ccc(F)cc3)CON2C)s1. The van der Waals surface area contributed by atoms with E-state index < -0.39 is 15.3 Å². The molecular weight excluding hydrogens is 351 g/mol. The quantitative estimate of drug-likeness (QED) is 0.879. The van der Waals surface area contributed by atoms with Crippen molar-refractivity contribution >= 4 is 21.4 Å². The fraction of sp³-hybridized carbons (Fsp3) is 0.375. The molecule has 8 heteroatoms. The van der Waals surface area contributed by atoms with Crippen molar-refractivity contribution in [1.82, 2.24) is 9.79 Å². The standard InChI is InChI=1S/C16H19FN2O3S2/c1-11-3-8-14(23-11)16-15(10-22-19(16)2)24(20,21)18-9-12-4-6-13(17)7-5-12/h3-8,15-16,18H,9-10H2,1-2H3. The van der Waals surface area contributed by atoms with Gasteiger partial charge in [0.05, 0.1) is 12.6 Å². The first-order valence-electron chi connectivity index (χ1n) is 7.52. The van der Waals surface area contributed by atoms with E-state index in [4.69, 9.17) is 4.84 Å². The van der Waals surface area contributed by atoms with Gasteiger partial charge in [0.2, 0.25) is 10.0 Å². The zero-order valence-corrected chi connectivity index (χ0v) is 15.0. The number of nitrogens with one attached hydrogen (secondary N) is 1. The van der Waals surface area contributed by atoms with E-state index in [0.717, 1.165) is 9.75 Å². The monoisotopic (exact) mass is 370 g/mol. The van der Waals surface area contributed by atoms with Gasteiger partial charge in [0.25, 0.3) is 0 Å². The smallest absolute Gasteiger partial charge is 0.219 e. The van der Waals surface area contributed by atoms with Crippen LogP contribution in [0.5, 0.6) is 0 Å². The predicted octanol–water partition coefficient (Wildman–Crippen LogP) is 2.60. The first kappa shape index (κ1) is 17.5. The van der Waals surface area contributed by atoms with Crippen molar-refractivity contribution in [2.24, 2.45) is 0 Å². The van der Waals surface area contributed by atoms with Crippen molar-refractivity contribution in [2.75, 3.05) is 13.7 Å². The molecule has 0 bridgehead atoms. The average Bonchev–Trinajstić information content (AvgIpc) is 3.13. The molecule has 130 valence electrons. The molecule has 1 saturated heterocycles. The molecule has 2 aromatic rings. The van der Waals surface area contributed by atoms with Gasteiger partial charge in [0.15, 0.2) is 0 Å². The van der Waals surface area contributed by atoms with Crippen LogP contribution in [0.4, 0.5) is 4.39 Å². The van der Waals surface area contributed by atoms with Gasteiger partial charge < -0.3 is 0 Å². The van der Waals surface area contributed by atoms with E-state index in [9.17, 15) is 12.8 Å². The van der Waals surface area contributed by atoms with Crippen LogP contribution in [0.1, 0.15) is 21.4 Å². The number of benzene rings is 1. The van der Waals surface area contributed by atoms with E-state index in [1.807, 2.05) is 19.1 Å². The van der Waals surface area contributed by atoms with E-state index in [1.54, 1.807) is 35.6 Å². The van der Waals surface area contributed by atoms with E-state index in [-0.39, 0.29) is 25.0 Å². The number of hydroxylamine groups is 2. The number of sulfonamides is 1. The maximum atomic E-state index is 12.9. The highest BCUT2D eigenvalue weighted by Gasteiger charge is 2.43. The van der Waals surface area contributed by atoms with Crippen LogP contribution in [-0.2, 0) is 21.4 Å². The van der Waals surface area contributed by atoms with Gasteiger partial charge in [-0.3, -0.25) is 4.84 Å². The minimum Gasteiger partial charge on any atom is -0.297 e. The zero-order chi connectivity index (χ0) is 17.3. The summed E-state index contributed by atoms with van der Waals surface area (Å²) in [6.07, 6.45) is 0. The predicted molar refractivity (Wildman–Crippen MR) is 91.5 cm³/mol. The molecule has 0 aliphatic carbocycles. The van der Waals surface area contributed by atoms with Crippen LogP contribution >= 0.6 is 11.3 Å². The summed E-state index contributed by atoms with van der Waals surface area (Å²) in [5, 5.41) is 0.911. The normalized spacial score (nSPS) is 22.1. The van der Waals surface area contributed by atoms with Gasteiger partial charge in [-0.05, 0) is 36.8 Å². The van der Waals surface area contributed by atoms with Gasteiger partial charge in [-0.15, -0.1) is 11.3 Å². The summed E-state index contributed by atoms with van der Waals surface area (Å²) in [6.45, 7) is 2.22. The molecule has 1 aromatic carbocycles. The fourth-order valence-corrected chi connectivity index (χ4v) is 5.37. The molecule has 2 unspecified atom stereocenters. The molecule has 5 nitrogen and oxygen atoms in total. The van der Waals surface area contributed by atoms with E-state index in [0.29, 0.717) is 5.56 Å². The summed E-state index contributed by atoms with van der Waals surface area (Å²) < 4.78 is 41.0. The summed E-state index contributed by atoms with van der Waals surface area (Å²) in [5.74, 6) is -0.347. The Balaban J connectivity index is 1.76. The van der Waals surface area contributed by atoms with Crippen LogP contribution in [0.3, 0.4) is 0 Å². The molecule has 1 N–H and O–H groups in total. The lowest BCUT2D eigenvalue weighted by molar-refractivity contribution is -0.110. The lowest BCUT2D eigenvalue weighted by Crippen LogP contribution is -2.38. The van der Waals surface area contributed by atoms with Gasteiger partial charge in [-0.1, -0.05) is 12.1 Å². The van der Waals surface area contributed by atoms with Crippen molar-refractivity contribution < 1.29 is 17.6 Å². The minimum absolute atomic E-state index is 0.108. The van der Waals surface area contributed by atoms with Crippen LogP contribution < -0.4 is 4.72 Å². The Morgan fingerprint density at radius 1 is 1.29 bits per heavy atom. The Kier molecular flexibility index (Phi) is 5.03. The Morgan fingerprint density at radius 2 is 2.00 bits per heavy atom. The van der Waals surface area contributed by atoms with Crippen LogP contribution in [0.2, 0.25) is 0 Å². The Hall–Kier alpha value is -1.32. The highest BCUT2D eigenvalue weighted by atomic mass is 32.2. The van der Waals surface area contributed by atoms with E-state index in [2.05, 4.69) is 4.72 Å². The summed E-state index contributed by atoms with van der Waals surface area (Å²) in [4.78, 5) is 7.56. The number of hydrogen-bond donors (Lipinski definition) is 1. The number of aryl methyl sites for hydroxylation is 1. The lowest BCUT2D eigenvalue weighted by Gasteiger charge is -2.21. The third kappa shape index (κ3) is 3.68. The van der Waals surface area contributed by atoms with Gasteiger partial charge in [0.1, 0.15) is 11.1 Å². The molecular formula is C16H19FN2O3S2. The Morgan fingerprint density at radius 3 is 2.62 bits per heavy atom. The van der Waals surface area contributed by atoms with Gasteiger partial charge in [-0.2, -0.15) is 5.06 Å². The first-order valence-corrected chi connectivity index (χ1v) is 9.88. The van der Waals surface area contributed by atoms with Crippen molar-refractivity contribution in [1.29, 1.82) is 0 Å². The largest absolute Gasteiger partial charge is 0.297 e. The van der Waals surface area contributed by atoms with Crippen molar-refractivity contribution in [2.45, 2.75) is 24.8 Å². The number of nitrogens with zero attached hydrogens (tertiary/aromatic N) is 1. The molecule has 1 aliphatic heterocycles. The number of rotatable bonds is 5. The second-order valence-corrected chi connectivity index (χ2v) is 9.07. The van der Waals surface area contributed by atoms with Gasteiger partial charge in [0, 0.05) is 23.3 Å². The summed E-state index contributed by atoms with van der Waals surface area (Å²) in [6, 6.07) is 9.33. The molecule has 3 rings (SSSR count). The molecule has 2 heterocycles. The molecule has 1 fully saturated rings. The molecule has 1 aromatic heterocycles. The maximum Gasteiger partial charge on any atom is 0.219 e. The second-order valence-electron chi connectivity index (χ2n) is 5.77. The summed E-state index contributed by atoms with van der Waals surface area (Å²) in [7, 11) is -1.85. The number of hydrogen-bond acceptors (Lipinski definition) is 5. The zero-order valence-electron chi connectivity index (χ0n) is 13.4. The third-order valence-electron chi connectivity index (χ3n) is 4.03. The molecule has 0 amide bonds. The molecule has 2 atom stereocenters. The molecule has 0 radical (unpaired) electrons. The van der Waals surface area contributed by atoms with E-state index in [1.165, 1.54) is 12.1 Å². The van der Waals surface area contributed by atoms with Gasteiger partial charge in [-0.25, -0.2) is 17.5 Å². The summed E-state index contributed by atoms with van der Waals surface area (Å²) in [5.41, 5.74) is 0.704. The van der Waals surface area contributed by atoms with Crippen LogP contribution in [0.25, 0.3) is 0 Å². The molecule has 0 saturated carbocycles. The topological polar surface area (TPSA) is 58.6 Å². The average molecular weight is 370 g/mol. The van der Waals surface area contributed by atoms with E-state index >= 15 is 0 Å². The lowest BCUT2D eigenvalue weighted by atomic mass is 10.2. The van der Waals surface area contributed by atoms with Crippen LogP contribution in [-0.4, -0.2) is 32.4 Å². The van der Waals surface area contributed by atoms with Crippen molar-refractivity contribution in [3.63, 3.8) is 0 Å². The molecule has 1 aliphatic rings. The minimum atomic E-state index is -3.59. The Labute approximate surface area is 145 Å². The third-order valence-corrected chi connectivity index (χ3v) is 6.84. The van der Waals surface area contributed by atoms with Crippen molar-refractivity contribution in [3.05, 3.63) is 57.5 Å². The highest BCUT2D eigenvalue weighted by Crippen LogP contribution is 2.36. The maximum absolute atomic E-state index is 12.9.